The van der Waals surface area contributed by atoms with E-state index in [0.717, 1.165) is 44.1 Å². The van der Waals surface area contributed by atoms with Gasteiger partial charge in [-0.3, -0.25) is 19.4 Å². The molecule has 0 radical (unpaired) electrons. The van der Waals surface area contributed by atoms with Gasteiger partial charge in [0.25, 0.3) is 0 Å². The fourth-order valence-electron chi connectivity index (χ4n) is 4.47. The van der Waals surface area contributed by atoms with Gasteiger partial charge in [0.1, 0.15) is 18.3 Å². The molecule has 2 fully saturated rings. The van der Waals surface area contributed by atoms with Crippen LogP contribution in [-0.4, -0.2) is 71.1 Å². The lowest BCUT2D eigenvalue weighted by molar-refractivity contribution is -0.135. The highest BCUT2D eigenvalue weighted by molar-refractivity contribution is 6.08. The van der Waals surface area contributed by atoms with Crippen molar-refractivity contribution in [2.45, 2.75) is 69.9 Å². The fraction of sp³-hybridized carbons (Fsp3) is 0.636. The van der Waals surface area contributed by atoms with Crippen LogP contribution in [0.15, 0.2) is 11.1 Å². The number of carboxylic acid groups (broad SMARTS) is 1. The number of carboxylic acids is 1. The topological polar surface area (TPSA) is 163 Å². The lowest BCUT2D eigenvalue weighted by Crippen LogP contribution is -2.44. The van der Waals surface area contributed by atoms with Crippen LogP contribution in [0.1, 0.15) is 69.0 Å². The summed E-state index contributed by atoms with van der Waals surface area (Å²) in [5.41, 5.74) is 6.90. The monoisotopic (exact) mass is 459 g/mol. The Kier molecular flexibility index (Phi) is 8.32. The zero-order valence-corrected chi connectivity index (χ0v) is 19.2. The lowest BCUT2D eigenvalue weighted by atomic mass is 9.84. The van der Waals surface area contributed by atoms with Crippen molar-refractivity contribution in [3.8, 4) is 0 Å². The van der Waals surface area contributed by atoms with Crippen LogP contribution in [0.4, 0.5) is 5.82 Å². The van der Waals surface area contributed by atoms with E-state index in [1.165, 1.54) is 13.3 Å². The van der Waals surface area contributed by atoms with E-state index < -0.39 is 24.5 Å². The van der Waals surface area contributed by atoms with Crippen molar-refractivity contribution in [2.75, 3.05) is 25.0 Å². The van der Waals surface area contributed by atoms with Crippen molar-refractivity contribution in [1.82, 2.24) is 20.8 Å². The Hall–Kier alpha value is -3.08. The van der Waals surface area contributed by atoms with Gasteiger partial charge in [-0.25, -0.2) is 0 Å². The van der Waals surface area contributed by atoms with Crippen molar-refractivity contribution >= 4 is 29.4 Å². The molecule has 180 valence electrons. The highest BCUT2D eigenvalue weighted by atomic mass is 16.4. The average molecular weight is 460 g/mol. The zero-order chi connectivity index (χ0) is 24.0. The number of nitrogens with two attached hydrogens (primary N) is 1. The summed E-state index contributed by atoms with van der Waals surface area (Å²) in [6.07, 6.45) is 6.97. The number of nitrogens with zero attached hydrogens (tertiary/aromatic N) is 4. The highest BCUT2D eigenvalue weighted by Crippen LogP contribution is 2.38. The number of amidine groups is 1. The van der Waals surface area contributed by atoms with Gasteiger partial charge < -0.3 is 26.4 Å². The van der Waals surface area contributed by atoms with Gasteiger partial charge in [0.2, 0.25) is 11.8 Å². The van der Waals surface area contributed by atoms with Gasteiger partial charge in [0.05, 0.1) is 6.04 Å². The van der Waals surface area contributed by atoms with Gasteiger partial charge in [-0.2, -0.15) is 0 Å². The predicted molar refractivity (Wildman–Crippen MR) is 123 cm³/mol. The number of likely N-dealkylation sites (N-methyl/N-ethyl adjacent to an activating group) is 1. The Morgan fingerprint density at radius 1 is 1.21 bits per heavy atom. The smallest absolute Gasteiger partial charge is 0.325 e. The molecule has 0 aromatic carbocycles. The van der Waals surface area contributed by atoms with Gasteiger partial charge in [-0.05, 0) is 44.6 Å². The minimum atomic E-state index is -1.13. The Morgan fingerprint density at radius 3 is 2.58 bits per heavy atom. The molecule has 1 saturated carbocycles. The van der Waals surface area contributed by atoms with Crippen molar-refractivity contribution in [1.29, 1.82) is 0 Å². The number of aliphatic imine (C=N–C) groups is 1. The number of carbonyl (C=O) groups excluding carboxylic acids is 2. The quantitative estimate of drug-likeness (QED) is 0.339. The number of hydrogen-bond acceptors (Lipinski definition) is 8. The van der Waals surface area contributed by atoms with Gasteiger partial charge in [0.15, 0.2) is 11.7 Å². The number of aromatic nitrogens is 2. The molecule has 3 rings (SSSR count). The van der Waals surface area contributed by atoms with Crippen molar-refractivity contribution in [3.05, 3.63) is 17.3 Å². The Labute approximate surface area is 193 Å². The maximum atomic E-state index is 12.5. The molecule has 1 aliphatic heterocycles. The van der Waals surface area contributed by atoms with Crippen LogP contribution in [0, 0.1) is 0 Å². The summed E-state index contributed by atoms with van der Waals surface area (Å²) >= 11 is 0. The number of aliphatic carboxylic acids is 1. The summed E-state index contributed by atoms with van der Waals surface area (Å²) in [5.74, 6) is -0.749. The first-order valence-electron chi connectivity index (χ1n) is 11.5. The molecule has 5 N–H and O–H groups in total. The summed E-state index contributed by atoms with van der Waals surface area (Å²) in [7, 11) is 1.63. The first-order chi connectivity index (χ1) is 15.8. The lowest BCUT2D eigenvalue weighted by Gasteiger charge is -2.30. The van der Waals surface area contributed by atoms with E-state index in [-0.39, 0.29) is 29.4 Å². The third kappa shape index (κ3) is 6.04. The molecule has 11 heteroatoms. The summed E-state index contributed by atoms with van der Waals surface area (Å²) in [6, 6.07) is 0.720. The second-order valence-corrected chi connectivity index (χ2v) is 8.65. The van der Waals surface area contributed by atoms with Crippen molar-refractivity contribution in [2.24, 2.45) is 10.7 Å². The molecule has 1 aromatic heterocycles. The van der Waals surface area contributed by atoms with E-state index >= 15 is 0 Å². The molecule has 1 aliphatic carbocycles. The van der Waals surface area contributed by atoms with Crippen molar-refractivity contribution in [3.63, 3.8) is 0 Å². The van der Waals surface area contributed by atoms with Crippen molar-refractivity contribution < 1.29 is 19.5 Å². The maximum absolute atomic E-state index is 12.5. The second kappa shape index (κ2) is 11.2. The SMILES string of the molecule is CNC(=O)[C@@H]1CCCN1c1nnc(C(=NCC(=O)O)NC(=O)[C@H](C)N)cc1C1CCCCC1. The van der Waals surface area contributed by atoms with Gasteiger partial charge in [-0.1, -0.05) is 19.3 Å². The molecular weight excluding hydrogens is 426 g/mol. The largest absolute Gasteiger partial charge is 0.480 e. The molecule has 2 atom stereocenters. The van der Waals surface area contributed by atoms with Crippen LogP contribution in [0.3, 0.4) is 0 Å². The van der Waals surface area contributed by atoms with Crippen LogP contribution in [0.2, 0.25) is 0 Å². The molecule has 0 bridgehead atoms. The number of nitrogens with one attached hydrogen (secondary N) is 2. The van der Waals surface area contributed by atoms with Gasteiger partial charge in [0, 0.05) is 19.2 Å². The summed E-state index contributed by atoms with van der Waals surface area (Å²) < 4.78 is 0. The third-order valence-electron chi connectivity index (χ3n) is 6.19. The van der Waals surface area contributed by atoms with Crippen LogP contribution in [0.25, 0.3) is 0 Å². The predicted octanol–water partition coefficient (Wildman–Crippen LogP) is 0.534. The zero-order valence-electron chi connectivity index (χ0n) is 19.2. The molecule has 1 aromatic rings. The standard InChI is InChI=1S/C22H33N7O4/c1-13(23)21(32)26-19(25-12-18(30)31)16-11-15(14-7-4-3-5-8-14)20(28-27-16)29-10-6-9-17(29)22(33)24-2/h11,13-14,17H,3-10,12,23H2,1-2H3,(H,24,33)(H,30,31)(H,25,26,32)/t13-,17-/m0/s1. The summed E-state index contributed by atoms with van der Waals surface area (Å²) in [4.78, 5) is 41.8. The molecule has 11 nitrogen and oxygen atoms in total. The van der Waals surface area contributed by atoms with E-state index in [1.807, 2.05) is 11.0 Å². The van der Waals surface area contributed by atoms with E-state index in [9.17, 15) is 14.4 Å². The maximum Gasteiger partial charge on any atom is 0.325 e. The van der Waals surface area contributed by atoms with Gasteiger partial charge in [-0.15, -0.1) is 10.2 Å². The Bertz CT molecular complexity index is 912. The molecule has 2 aliphatic rings. The fourth-order valence-corrected chi connectivity index (χ4v) is 4.47. The third-order valence-corrected chi connectivity index (χ3v) is 6.19. The summed E-state index contributed by atoms with van der Waals surface area (Å²) in [6.45, 7) is 1.70. The second-order valence-electron chi connectivity index (χ2n) is 8.65. The van der Waals surface area contributed by atoms with Gasteiger partial charge >= 0.3 is 5.97 Å². The van der Waals surface area contributed by atoms with E-state index in [4.69, 9.17) is 10.8 Å². The van der Waals surface area contributed by atoms with E-state index in [2.05, 4.69) is 25.8 Å². The first-order valence-corrected chi connectivity index (χ1v) is 11.5. The van der Waals surface area contributed by atoms with E-state index in [1.54, 1.807) is 7.05 Å². The first kappa shape index (κ1) is 24.6. The minimum Gasteiger partial charge on any atom is -0.480 e. The molecule has 1 saturated heterocycles. The molecule has 33 heavy (non-hydrogen) atoms. The van der Waals surface area contributed by atoms with Crippen LogP contribution < -0.4 is 21.3 Å². The normalized spacial score (nSPS) is 20.4. The molecule has 0 unspecified atom stereocenters. The van der Waals surface area contributed by atoms with Crippen LogP contribution in [-0.2, 0) is 14.4 Å². The van der Waals surface area contributed by atoms with Crippen LogP contribution >= 0.6 is 0 Å². The van der Waals surface area contributed by atoms with E-state index in [0.29, 0.717) is 12.4 Å². The van der Waals surface area contributed by atoms with Crippen LogP contribution in [0.5, 0.6) is 0 Å². The minimum absolute atomic E-state index is 0.0279. The number of anilines is 1. The average Bonchev–Trinajstić information content (AvgIpc) is 3.31. The molecule has 2 amide bonds. The number of rotatable bonds is 7. The Morgan fingerprint density at radius 2 is 1.94 bits per heavy atom. The number of amides is 2. The number of hydrogen-bond donors (Lipinski definition) is 4. The number of carbonyl (C=O) groups is 3. The molecule has 2 heterocycles. The molecule has 0 spiro atoms. The molecular formula is C22H33N7O4. The Balaban J connectivity index is 2.04. The highest BCUT2D eigenvalue weighted by Gasteiger charge is 2.34. The summed E-state index contributed by atoms with van der Waals surface area (Å²) in [5, 5.41) is 23.2.